The molecule has 1 aliphatic carbocycles. The van der Waals surface area contributed by atoms with Crippen LogP contribution in [-0.2, 0) is 6.42 Å². The molecule has 2 N–H and O–H groups in total. The van der Waals surface area contributed by atoms with Crippen LogP contribution in [-0.4, -0.2) is 6.54 Å². The molecule has 1 saturated carbocycles. The smallest absolute Gasteiger partial charge is 0.144 e. The van der Waals surface area contributed by atoms with Gasteiger partial charge in [0, 0.05) is 0 Å². The molecule has 1 nitrogen and oxygen atoms in total. The Morgan fingerprint density at radius 3 is 2.67 bits per heavy atom. The van der Waals surface area contributed by atoms with Gasteiger partial charge in [-0.1, -0.05) is 43.5 Å². The van der Waals surface area contributed by atoms with Gasteiger partial charge in [-0.25, -0.2) is 4.39 Å². The molecule has 1 aliphatic rings. The van der Waals surface area contributed by atoms with Crippen molar-refractivity contribution in [3.05, 3.63) is 34.6 Å². The Hall–Kier alpha value is -0.600. The highest BCUT2D eigenvalue weighted by Gasteiger charge is 2.33. The highest BCUT2D eigenvalue weighted by atomic mass is 35.5. The number of benzene rings is 1. The van der Waals surface area contributed by atoms with Crippen LogP contribution in [0.15, 0.2) is 18.2 Å². The predicted molar refractivity (Wildman–Crippen MR) is 74.2 cm³/mol. The van der Waals surface area contributed by atoms with Gasteiger partial charge in [0.15, 0.2) is 0 Å². The maximum Gasteiger partial charge on any atom is 0.144 e. The average molecular weight is 270 g/mol. The molecule has 0 bridgehead atoms. The van der Waals surface area contributed by atoms with Gasteiger partial charge in [-0.3, -0.25) is 0 Å². The van der Waals surface area contributed by atoms with Gasteiger partial charge >= 0.3 is 0 Å². The molecule has 0 radical (unpaired) electrons. The molecule has 0 atom stereocenters. The fourth-order valence-corrected chi connectivity index (χ4v) is 3.11. The van der Waals surface area contributed by atoms with E-state index in [2.05, 4.69) is 6.92 Å². The quantitative estimate of drug-likeness (QED) is 0.875. The molecule has 0 aromatic heterocycles. The van der Waals surface area contributed by atoms with Crippen LogP contribution in [0.4, 0.5) is 4.39 Å². The van der Waals surface area contributed by atoms with E-state index < -0.39 is 0 Å². The fraction of sp³-hybridized carbons (Fsp3) is 0.600. The lowest BCUT2D eigenvalue weighted by atomic mass is 9.68. The number of halogens is 2. The lowest BCUT2D eigenvalue weighted by Crippen LogP contribution is -2.36. The van der Waals surface area contributed by atoms with Crippen molar-refractivity contribution < 1.29 is 4.39 Å². The highest BCUT2D eigenvalue weighted by Crippen LogP contribution is 2.41. The molecular formula is C15H21ClFN. The minimum atomic E-state index is -0.273. The van der Waals surface area contributed by atoms with E-state index in [1.54, 1.807) is 6.07 Å². The van der Waals surface area contributed by atoms with Crippen molar-refractivity contribution in [3.63, 3.8) is 0 Å². The summed E-state index contributed by atoms with van der Waals surface area (Å²) in [7, 11) is 0. The largest absolute Gasteiger partial charge is 0.330 e. The summed E-state index contributed by atoms with van der Waals surface area (Å²) >= 11 is 5.84. The zero-order valence-corrected chi connectivity index (χ0v) is 11.6. The van der Waals surface area contributed by atoms with Gasteiger partial charge < -0.3 is 5.73 Å². The molecule has 1 aromatic rings. The summed E-state index contributed by atoms with van der Waals surface area (Å²) in [5.41, 5.74) is 6.74. The van der Waals surface area contributed by atoms with E-state index in [1.165, 1.54) is 12.8 Å². The molecule has 2 rings (SSSR count). The van der Waals surface area contributed by atoms with Crippen LogP contribution >= 0.6 is 11.6 Å². The number of hydrogen-bond acceptors (Lipinski definition) is 1. The van der Waals surface area contributed by atoms with Crippen LogP contribution in [0, 0.1) is 17.2 Å². The molecule has 100 valence electrons. The molecule has 18 heavy (non-hydrogen) atoms. The third-order valence-corrected chi connectivity index (χ3v) is 4.66. The van der Waals surface area contributed by atoms with E-state index in [0.717, 1.165) is 18.8 Å². The summed E-state index contributed by atoms with van der Waals surface area (Å²) in [5.74, 6) is 0.500. The maximum atomic E-state index is 14.0. The normalized spacial score (nSPS) is 28.3. The molecule has 1 fully saturated rings. The van der Waals surface area contributed by atoms with E-state index in [9.17, 15) is 4.39 Å². The van der Waals surface area contributed by atoms with Gasteiger partial charge in [-0.15, -0.1) is 0 Å². The van der Waals surface area contributed by atoms with Crippen molar-refractivity contribution in [1.29, 1.82) is 0 Å². The van der Waals surface area contributed by atoms with Crippen molar-refractivity contribution in [2.45, 2.75) is 39.0 Å². The predicted octanol–water partition coefficient (Wildman–Crippen LogP) is 4.18. The van der Waals surface area contributed by atoms with Crippen molar-refractivity contribution in [2.75, 3.05) is 6.54 Å². The van der Waals surface area contributed by atoms with E-state index in [-0.39, 0.29) is 16.3 Å². The maximum absolute atomic E-state index is 14.0. The van der Waals surface area contributed by atoms with E-state index in [0.29, 0.717) is 18.5 Å². The summed E-state index contributed by atoms with van der Waals surface area (Å²) in [4.78, 5) is 0. The van der Waals surface area contributed by atoms with Crippen LogP contribution in [0.25, 0.3) is 0 Å². The molecule has 3 heteroatoms. The van der Waals surface area contributed by atoms with Crippen molar-refractivity contribution >= 4 is 11.6 Å². The minimum Gasteiger partial charge on any atom is -0.330 e. The first kappa shape index (κ1) is 13.8. The Labute approximate surface area is 114 Å². The van der Waals surface area contributed by atoms with E-state index in [4.69, 9.17) is 17.3 Å². The lowest BCUT2D eigenvalue weighted by Gasteiger charge is -2.39. The van der Waals surface area contributed by atoms with Crippen LogP contribution in [0.5, 0.6) is 0 Å². The van der Waals surface area contributed by atoms with Gasteiger partial charge in [0.1, 0.15) is 5.82 Å². The zero-order chi connectivity index (χ0) is 13.2. The summed E-state index contributed by atoms with van der Waals surface area (Å²) < 4.78 is 14.0. The Morgan fingerprint density at radius 2 is 2.06 bits per heavy atom. The van der Waals surface area contributed by atoms with Gasteiger partial charge in [0.25, 0.3) is 0 Å². The first-order valence-corrected chi connectivity index (χ1v) is 7.07. The van der Waals surface area contributed by atoms with Crippen LogP contribution in [0.3, 0.4) is 0 Å². The molecule has 0 saturated heterocycles. The van der Waals surface area contributed by atoms with Crippen molar-refractivity contribution in [3.8, 4) is 0 Å². The molecule has 0 heterocycles. The Balaban J connectivity index is 2.17. The molecular weight excluding hydrogens is 249 g/mol. The minimum absolute atomic E-state index is 0.0675. The second-order valence-electron chi connectivity index (χ2n) is 5.78. The monoisotopic (exact) mass is 269 g/mol. The number of rotatable bonds is 3. The highest BCUT2D eigenvalue weighted by molar-refractivity contribution is 6.30. The van der Waals surface area contributed by atoms with Gasteiger partial charge in [0.2, 0.25) is 0 Å². The fourth-order valence-electron chi connectivity index (χ4n) is 2.92. The van der Waals surface area contributed by atoms with Gasteiger partial charge in [-0.2, -0.15) is 0 Å². The topological polar surface area (TPSA) is 26.0 Å². The Bertz CT molecular complexity index is 411. The molecule has 0 amide bonds. The van der Waals surface area contributed by atoms with Crippen LogP contribution in [0.1, 0.15) is 38.2 Å². The Morgan fingerprint density at radius 1 is 1.39 bits per heavy atom. The van der Waals surface area contributed by atoms with E-state index >= 15 is 0 Å². The lowest BCUT2D eigenvalue weighted by molar-refractivity contribution is 0.162. The zero-order valence-electron chi connectivity index (χ0n) is 10.9. The van der Waals surface area contributed by atoms with Crippen LogP contribution < -0.4 is 5.73 Å². The standard InChI is InChI=1S/C15H21ClFN/c1-11-5-7-15(10-18,8-6-11)9-12-3-2-4-13(16)14(12)17/h2-4,11H,5-10,18H2,1H3. The molecule has 1 aromatic carbocycles. The first-order chi connectivity index (χ1) is 8.56. The molecule has 0 aliphatic heterocycles. The average Bonchev–Trinajstić information content (AvgIpc) is 2.38. The first-order valence-electron chi connectivity index (χ1n) is 6.69. The summed E-state index contributed by atoms with van der Waals surface area (Å²) in [6.07, 6.45) is 5.29. The third kappa shape index (κ3) is 2.86. The Kier molecular flexibility index (Phi) is 4.29. The van der Waals surface area contributed by atoms with Crippen molar-refractivity contribution in [1.82, 2.24) is 0 Å². The van der Waals surface area contributed by atoms with E-state index in [1.807, 2.05) is 12.1 Å². The third-order valence-electron chi connectivity index (χ3n) is 4.36. The number of hydrogen-bond donors (Lipinski definition) is 1. The summed E-state index contributed by atoms with van der Waals surface area (Å²) in [6, 6.07) is 5.24. The summed E-state index contributed by atoms with van der Waals surface area (Å²) in [5, 5.41) is 0.212. The second-order valence-corrected chi connectivity index (χ2v) is 6.18. The van der Waals surface area contributed by atoms with Gasteiger partial charge in [-0.05, 0) is 48.8 Å². The van der Waals surface area contributed by atoms with Gasteiger partial charge in [0.05, 0.1) is 5.02 Å². The molecule has 0 spiro atoms. The number of nitrogens with two attached hydrogens (primary N) is 1. The van der Waals surface area contributed by atoms with Crippen molar-refractivity contribution in [2.24, 2.45) is 17.1 Å². The SMILES string of the molecule is CC1CCC(CN)(Cc2cccc(Cl)c2F)CC1. The molecule has 0 unspecified atom stereocenters. The second kappa shape index (κ2) is 5.58. The summed E-state index contributed by atoms with van der Waals surface area (Å²) in [6.45, 7) is 2.91. The van der Waals surface area contributed by atoms with Crippen LogP contribution in [0.2, 0.25) is 5.02 Å².